The van der Waals surface area contributed by atoms with Crippen LogP contribution in [0.5, 0.6) is 0 Å². The van der Waals surface area contributed by atoms with Gasteiger partial charge in [-0.3, -0.25) is 24.5 Å². The molecule has 0 aliphatic rings. The summed E-state index contributed by atoms with van der Waals surface area (Å²) in [6.07, 6.45) is -0.275. The lowest BCUT2D eigenvalue weighted by atomic mass is 10.1. The van der Waals surface area contributed by atoms with Crippen molar-refractivity contribution in [3.05, 3.63) is 68.2 Å². The molecule has 0 saturated heterocycles. The monoisotopic (exact) mass is 418 g/mol. The summed E-state index contributed by atoms with van der Waals surface area (Å²) < 4.78 is 4.84. The van der Waals surface area contributed by atoms with Crippen molar-refractivity contribution in [2.24, 2.45) is 0 Å². The quantitative estimate of drug-likeness (QED) is 0.299. The molecule has 8 nitrogen and oxygen atoms in total. The number of halogens is 1. The molecule has 152 valence electrons. The largest absolute Gasteiger partial charge is 0.456 e. The second-order valence-corrected chi connectivity index (χ2v) is 6.79. The van der Waals surface area contributed by atoms with Gasteiger partial charge in [0.25, 0.3) is 11.6 Å². The summed E-state index contributed by atoms with van der Waals surface area (Å²) in [4.78, 5) is 46.3. The lowest BCUT2D eigenvalue weighted by molar-refractivity contribution is -0.384. The number of carbonyl (C=O) groups is 3. The number of hydrogen-bond acceptors (Lipinski definition) is 6. The molecule has 1 N–H and O–H groups in total. The number of esters is 1. The second-order valence-electron chi connectivity index (χ2n) is 6.35. The third-order valence-electron chi connectivity index (χ3n) is 4.17. The van der Waals surface area contributed by atoms with E-state index in [1.165, 1.54) is 12.1 Å². The van der Waals surface area contributed by atoms with Crippen LogP contribution >= 0.6 is 11.6 Å². The van der Waals surface area contributed by atoms with Gasteiger partial charge in [-0.1, -0.05) is 11.6 Å². The average Bonchev–Trinajstić information content (AvgIpc) is 2.67. The van der Waals surface area contributed by atoms with Crippen molar-refractivity contribution in [2.45, 2.75) is 26.7 Å². The Labute approximate surface area is 172 Å². The van der Waals surface area contributed by atoms with E-state index < -0.39 is 23.4 Å². The minimum atomic E-state index is -0.725. The first kappa shape index (κ1) is 22.0. The Morgan fingerprint density at radius 2 is 1.69 bits per heavy atom. The van der Waals surface area contributed by atoms with Gasteiger partial charge in [-0.05, 0) is 55.3 Å². The second kappa shape index (κ2) is 9.79. The van der Waals surface area contributed by atoms with Crippen molar-refractivity contribution < 1.29 is 24.0 Å². The van der Waals surface area contributed by atoms with Gasteiger partial charge in [0.15, 0.2) is 12.4 Å². The molecule has 0 fully saturated rings. The predicted molar refractivity (Wildman–Crippen MR) is 107 cm³/mol. The van der Waals surface area contributed by atoms with Crippen molar-refractivity contribution in [3.63, 3.8) is 0 Å². The topological polar surface area (TPSA) is 116 Å². The van der Waals surface area contributed by atoms with Crippen molar-refractivity contribution in [2.75, 3.05) is 11.9 Å². The van der Waals surface area contributed by atoms with E-state index in [-0.39, 0.29) is 30.0 Å². The average molecular weight is 419 g/mol. The van der Waals surface area contributed by atoms with Crippen LogP contribution in [-0.4, -0.2) is 29.2 Å². The van der Waals surface area contributed by atoms with Gasteiger partial charge in [0.05, 0.1) is 11.3 Å². The number of nitrogens with one attached hydrogen (secondary N) is 1. The maximum Gasteiger partial charge on any atom is 0.306 e. The van der Waals surface area contributed by atoms with E-state index in [0.717, 1.165) is 5.56 Å². The first-order chi connectivity index (χ1) is 13.7. The molecule has 1 amide bonds. The van der Waals surface area contributed by atoms with Crippen LogP contribution in [0.15, 0.2) is 36.4 Å². The van der Waals surface area contributed by atoms with Crippen LogP contribution in [0.1, 0.15) is 34.3 Å². The number of nitro benzene ring substituents is 1. The van der Waals surface area contributed by atoms with Gasteiger partial charge in [-0.25, -0.2) is 0 Å². The highest BCUT2D eigenvalue weighted by atomic mass is 35.5. The van der Waals surface area contributed by atoms with Gasteiger partial charge in [0.1, 0.15) is 5.69 Å². The van der Waals surface area contributed by atoms with Crippen LogP contribution in [0.25, 0.3) is 0 Å². The van der Waals surface area contributed by atoms with Crippen molar-refractivity contribution >= 4 is 40.6 Å². The van der Waals surface area contributed by atoms with E-state index in [1.54, 1.807) is 38.1 Å². The Kier molecular flexibility index (Phi) is 7.44. The number of aryl methyl sites for hydroxylation is 2. The summed E-state index contributed by atoms with van der Waals surface area (Å²) in [7, 11) is 0. The van der Waals surface area contributed by atoms with Crippen LogP contribution < -0.4 is 5.32 Å². The molecule has 0 unspecified atom stereocenters. The zero-order valence-corrected chi connectivity index (χ0v) is 16.6. The molecule has 0 aliphatic carbocycles. The summed E-state index contributed by atoms with van der Waals surface area (Å²) in [5.74, 6) is -1.69. The molecule has 2 aromatic carbocycles. The van der Waals surface area contributed by atoms with Crippen molar-refractivity contribution in [1.29, 1.82) is 0 Å². The zero-order chi connectivity index (χ0) is 21.6. The van der Waals surface area contributed by atoms with Crippen LogP contribution in [0.3, 0.4) is 0 Å². The van der Waals surface area contributed by atoms with E-state index >= 15 is 0 Å². The van der Waals surface area contributed by atoms with Crippen molar-refractivity contribution in [1.82, 2.24) is 0 Å². The number of rotatable bonds is 8. The fourth-order valence-electron chi connectivity index (χ4n) is 2.45. The van der Waals surface area contributed by atoms with Gasteiger partial charge in [-0.15, -0.1) is 0 Å². The molecule has 0 bridgehead atoms. The number of ether oxygens (including phenoxy) is 1. The molecular formula is C20H19ClN2O6. The van der Waals surface area contributed by atoms with E-state index in [4.69, 9.17) is 16.3 Å². The van der Waals surface area contributed by atoms with Crippen LogP contribution in [0.2, 0.25) is 5.02 Å². The van der Waals surface area contributed by atoms with Gasteiger partial charge < -0.3 is 10.1 Å². The first-order valence-corrected chi connectivity index (χ1v) is 9.05. The number of ketones is 1. The number of anilines is 1. The Balaban J connectivity index is 1.85. The molecule has 0 aliphatic heterocycles. The normalized spacial score (nSPS) is 10.3. The molecule has 9 heteroatoms. The highest BCUT2D eigenvalue weighted by Gasteiger charge is 2.18. The molecule has 0 atom stereocenters. The van der Waals surface area contributed by atoms with Crippen molar-refractivity contribution in [3.8, 4) is 0 Å². The summed E-state index contributed by atoms with van der Waals surface area (Å²) in [5, 5.41) is 14.0. The molecular weight excluding hydrogens is 400 g/mol. The van der Waals surface area contributed by atoms with Gasteiger partial charge in [0.2, 0.25) is 0 Å². The number of carbonyl (C=O) groups excluding carboxylic acids is 3. The third kappa shape index (κ3) is 6.39. The Morgan fingerprint density at radius 3 is 2.31 bits per heavy atom. The van der Waals surface area contributed by atoms with E-state index in [1.807, 2.05) is 0 Å². The highest BCUT2D eigenvalue weighted by molar-refractivity contribution is 6.30. The fourth-order valence-corrected chi connectivity index (χ4v) is 2.58. The smallest absolute Gasteiger partial charge is 0.306 e. The highest BCUT2D eigenvalue weighted by Crippen LogP contribution is 2.27. The first-order valence-electron chi connectivity index (χ1n) is 8.67. The number of nitrogens with zero attached hydrogens (tertiary/aromatic N) is 1. The number of Topliss-reactive ketones (excluding diaryl/α,β-unsaturated/α-hetero) is 1. The van der Waals surface area contributed by atoms with E-state index in [2.05, 4.69) is 5.32 Å². The maximum atomic E-state index is 12.0. The molecule has 0 aromatic heterocycles. The summed E-state index contributed by atoms with van der Waals surface area (Å²) in [6, 6.07) is 9.10. The standard InChI is InChI=1S/C20H19ClN2O6/c1-12-9-16(17(23(27)28)10-13(12)2)22-19(25)11-29-20(26)8-7-18(24)14-3-5-15(21)6-4-14/h3-6,9-10H,7-8,11H2,1-2H3,(H,22,25). The lowest BCUT2D eigenvalue weighted by Gasteiger charge is -2.09. The SMILES string of the molecule is Cc1cc(NC(=O)COC(=O)CCC(=O)c2ccc(Cl)cc2)c([N+](=O)[O-])cc1C. The van der Waals surface area contributed by atoms with E-state index in [9.17, 15) is 24.5 Å². The number of hydrogen-bond donors (Lipinski definition) is 1. The molecule has 2 rings (SSSR count). The molecule has 29 heavy (non-hydrogen) atoms. The van der Waals surface area contributed by atoms with Crippen LogP contribution in [0, 0.1) is 24.0 Å². The number of benzene rings is 2. The fraction of sp³-hybridized carbons (Fsp3) is 0.250. The van der Waals surface area contributed by atoms with Gasteiger partial charge in [0, 0.05) is 23.1 Å². The summed E-state index contributed by atoms with van der Waals surface area (Å²) in [5.41, 5.74) is 1.68. The van der Waals surface area contributed by atoms with Gasteiger partial charge in [-0.2, -0.15) is 0 Å². The molecule has 0 heterocycles. The van der Waals surface area contributed by atoms with E-state index in [0.29, 0.717) is 16.1 Å². The van der Waals surface area contributed by atoms with Gasteiger partial charge >= 0.3 is 5.97 Å². The lowest BCUT2D eigenvalue weighted by Crippen LogP contribution is -2.21. The molecule has 0 radical (unpaired) electrons. The third-order valence-corrected chi connectivity index (χ3v) is 4.42. The minimum Gasteiger partial charge on any atom is -0.456 e. The Morgan fingerprint density at radius 1 is 1.07 bits per heavy atom. The molecule has 2 aromatic rings. The minimum absolute atomic E-state index is 0.0251. The Bertz CT molecular complexity index is 956. The molecule has 0 saturated carbocycles. The Hall–Kier alpha value is -3.26. The summed E-state index contributed by atoms with van der Waals surface area (Å²) >= 11 is 5.76. The number of nitro groups is 1. The number of amides is 1. The predicted octanol–water partition coefficient (Wildman–Crippen LogP) is 4.01. The zero-order valence-electron chi connectivity index (χ0n) is 15.9. The van der Waals surface area contributed by atoms with Crippen LogP contribution in [0.4, 0.5) is 11.4 Å². The molecule has 0 spiro atoms. The van der Waals surface area contributed by atoms with Crippen LogP contribution in [-0.2, 0) is 14.3 Å². The maximum absolute atomic E-state index is 12.0. The summed E-state index contributed by atoms with van der Waals surface area (Å²) in [6.45, 7) is 2.87.